The van der Waals surface area contributed by atoms with Gasteiger partial charge in [0.25, 0.3) is 0 Å². The second-order valence-corrected chi connectivity index (χ2v) is 7.27. The Kier molecular flexibility index (Phi) is 6.53. The molecular weight excluding hydrogens is 354 g/mol. The molecule has 2 aromatic carbocycles. The van der Waals surface area contributed by atoms with Crippen molar-refractivity contribution in [1.29, 1.82) is 0 Å². The molecule has 1 aliphatic rings. The van der Waals surface area contributed by atoms with Gasteiger partial charge in [0, 0.05) is 31.7 Å². The van der Waals surface area contributed by atoms with Crippen LogP contribution in [0.1, 0.15) is 30.9 Å². The molecule has 1 fully saturated rings. The van der Waals surface area contributed by atoms with Crippen LogP contribution >= 0.6 is 0 Å². The van der Waals surface area contributed by atoms with Gasteiger partial charge < -0.3 is 20.3 Å². The largest absolute Gasteiger partial charge is 0.497 e. The van der Waals surface area contributed by atoms with Gasteiger partial charge in [0.15, 0.2) is 0 Å². The number of hydrogen-bond donors (Lipinski definition) is 2. The Balaban J connectivity index is 1.46. The summed E-state index contributed by atoms with van der Waals surface area (Å²) in [4.78, 5) is 26.1. The van der Waals surface area contributed by atoms with Crippen molar-refractivity contribution in [2.75, 3.05) is 19.0 Å². The number of anilines is 1. The Bertz CT molecular complexity index is 803. The van der Waals surface area contributed by atoms with Crippen molar-refractivity contribution >= 4 is 17.6 Å². The van der Waals surface area contributed by atoms with Crippen molar-refractivity contribution in [3.05, 3.63) is 59.7 Å². The highest BCUT2D eigenvalue weighted by atomic mass is 16.5. The number of amides is 3. The third kappa shape index (κ3) is 5.49. The van der Waals surface area contributed by atoms with Crippen molar-refractivity contribution < 1.29 is 14.3 Å². The molecule has 2 N–H and O–H groups in total. The predicted octanol–water partition coefficient (Wildman–Crippen LogP) is 3.78. The van der Waals surface area contributed by atoms with Gasteiger partial charge >= 0.3 is 6.03 Å². The summed E-state index contributed by atoms with van der Waals surface area (Å²) in [5, 5.41) is 5.66. The number of nitrogens with zero attached hydrogens (tertiary/aromatic N) is 1. The van der Waals surface area contributed by atoms with E-state index in [-0.39, 0.29) is 11.9 Å². The van der Waals surface area contributed by atoms with E-state index < -0.39 is 0 Å². The highest BCUT2D eigenvalue weighted by molar-refractivity contribution is 5.89. The van der Waals surface area contributed by atoms with Crippen molar-refractivity contribution in [3.8, 4) is 5.75 Å². The maximum Gasteiger partial charge on any atom is 0.319 e. The summed E-state index contributed by atoms with van der Waals surface area (Å²) in [6, 6.07) is 14.9. The average Bonchev–Trinajstić information content (AvgIpc) is 2.70. The van der Waals surface area contributed by atoms with Gasteiger partial charge in [0.05, 0.1) is 7.11 Å². The van der Waals surface area contributed by atoms with Gasteiger partial charge in [0.1, 0.15) is 5.75 Å². The van der Waals surface area contributed by atoms with Crippen LogP contribution in [0.15, 0.2) is 48.5 Å². The summed E-state index contributed by atoms with van der Waals surface area (Å²) in [7, 11) is 1.62. The Hall–Kier alpha value is -3.02. The molecule has 3 rings (SSSR count). The zero-order valence-corrected chi connectivity index (χ0v) is 16.4. The van der Waals surface area contributed by atoms with Crippen LogP contribution in [-0.4, -0.2) is 30.5 Å². The van der Waals surface area contributed by atoms with Gasteiger partial charge in [0.2, 0.25) is 5.91 Å². The topological polar surface area (TPSA) is 70.7 Å². The Labute approximate surface area is 165 Å². The number of carbonyl (C=O) groups is 2. The maximum atomic E-state index is 12.1. The van der Waals surface area contributed by atoms with E-state index in [1.165, 1.54) is 0 Å². The zero-order chi connectivity index (χ0) is 19.9. The highest BCUT2D eigenvalue weighted by Crippen LogP contribution is 2.20. The van der Waals surface area contributed by atoms with Crippen molar-refractivity contribution in [3.63, 3.8) is 0 Å². The fraction of sp³-hybridized carbons (Fsp3) is 0.364. The first-order valence-corrected chi connectivity index (χ1v) is 9.58. The van der Waals surface area contributed by atoms with Crippen LogP contribution in [0.5, 0.6) is 5.75 Å². The average molecular weight is 381 g/mol. The molecule has 28 heavy (non-hydrogen) atoms. The van der Waals surface area contributed by atoms with Crippen LogP contribution in [-0.2, 0) is 17.9 Å². The first-order valence-electron chi connectivity index (χ1n) is 9.58. The normalized spacial score (nSPS) is 16.6. The quantitative estimate of drug-likeness (QED) is 0.800. The molecule has 2 aromatic rings. The minimum Gasteiger partial charge on any atom is -0.497 e. The van der Waals surface area contributed by atoms with E-state index in [0.717, 1.165) is 35.5 Å². The second-order valence-electron chi connectivity index (χ2n) is 7.27. The molecule has 6 nitrogen and oxygen atoms in total. The van der Waals surface area contributed by atoms with E-state index in [0.29, 0.717) is 25.4 Å². The Morgan fingerprint density at radius 2 is 1.79 bits per heavy atom. The minimum absolute atomic E-state index is 0.221. The van der Waals surface area contributed by atoms with Gasteiger partial charge in [-0.25, -0.2) is 4.79 Å². The monoisotopic (exact) mass is 381 g/mol. The number of urea groups is 1. The molecule has 0 unspecified atom stereocenters. The molecule has 3 amide bonds. The predicted molar refractivity (Wildman–Crippen MR) is 109 cm³/mol. The van der Waals surface area contributed by atoms with Crippen LogP contribution in [0, 0.1) is 5.92 Å². The summed E-state index contributed by atoms with van der Waals surface area (Å²) in [6.45, 7) is 3.99. The molecule has 0 bridgehead atoms. The number of carbonyl (C=O) groups excluding carboxylic acids is 2. The molecule has 0 aromatic heterocycles. The summed E-state index contributed by atoms with van der Waals surface area (Å²) in [6.07, 6.45) is 1.69. The van der Waals surface area contributed by atoms with Crippen molar-refractivity contribution in [1.82, 2.24) is 10.2 Å². The fourth-order valence-corrected chi connectivity index (χ4v) is 3.21. The van der Waals surface area contributed by atoms with E-state index in [4.69, 9.17) is 4.74 Å². The summed E-state index contributed by atoms with van der Waals surface area (Å²) in [5.41, 5.74) is 2.77. The molecule has 1 atom stereocenters. The number of piperidine rings is 1. The van der Waals surface area contributed by atoms with Crippen molar-refractivity contribution in [2.24, 2.45) is 5.92 Å². The molecule has 1 aliphatic heterocycles. The Morgan fingerprint density at radius 3 is 2.43 bits per heavy atom. The number of hydrogen-bond acceptors (Lipinski definition) is 3. The lowest BCUT2D eigenvalue weighted by Gasteiger charge is -2.30. The smallest absolute Gasteiger partial charge is 0.319 e. The van der Waals surface area contributed by atoms with Gasteiger partial charge in [-0.05, 0) is 47.7 Å². The molecule has 0 radical (unpaired) electrons. The summed E-state index contributed by atoms with van der Waals surface area (Å²) in [5.74, 6) is 1.49. The minimum atomic E-state index is -0.260. The lowest BCUT2D eigenvalue weighted by molar-refractivity contribution is -0.135. The fourth-order valence-electron chi connectivity index (χ4n) is 3.21. The number of benzene rings is 2. The van der Waals surface area contributed by atoms with Crippen molar-refractivity contribution in [2.45, 2.75) is 32.9 Å². The van der Waals surface area contributed by atoms with E-state index in [1.54, 1.807) is 7.11 Å². The molecule has 0 spiro atoms. The first-order chi connectivity index (χ1) is 13.5. The molecule has 1 heterocycles. The summed E-state index contributed by atoms with van der Waals surface area (Å²) < 4.78 is 5.12. The molecule has 148 valence electrons. The maximum absolute atomic E-state index is 12.1. The number of rotatable bonds is 6. The first kappa shape index (κ1) is 19.7. The molecular formula is C22H27N3O3. The molecule has 1 saturated heterocycles. The van der Waals surface area contributed by atoms with E-state index >= 15 is 0 Å². The van der Waals surface area contributed by atoms with E-state index in [1.807, 2.05) is 53.4 Å². The van der Waals surface area contributed by atoms with Gasteiger partial charge in [-0.1, -0.05) is 31.2 Å². The van der Waals surface area contributed by atoms with Crippen LogP contribution in [0.4, 0.5) is 10.5 Å². The van der Waals surface area contributed by atoms with Gasteiger partial charge in [-0.3, -0.25) is 4.79 Å². The lowest BCUT2D eigenvalue weighted by Crippen LogP contribution is -2.37. The third-order valence-corrected chi connectivity index (χ3v) is 4.96. The van der Waals surface area contributed by atoms with Crippen LogP contribution in [0.2, 0.25) is 0 Å². The number of methoxy groups -OCH3 is 1. The number of ether oxygens (including phenoxy) is 1. The molecule has 0 saturated carbocycles. The second kappa shape index (κ2) is 9.26. The molecule has 6 heteroatoms. The Morgan fingerprint density at radius 1 is 1.11 bits per heavy atom. The van der Waals surface area contributed by atoms with E-state index in [2.05, 4.69) is 17.6 Å². The third-order valence-electron chi connectivity index (χ3n) is 4.96. The summed E-state index contributed by atoms with van der Waals surface area (Å²) >= 11 is 0. The van der Waals surface area contributed by atoms with Crippen LogP contribution in [0.25, 0.3) is 0 Å². The van der Waals surface area contributed by atoms with Gasteiger partial charge in [-0.2, -0.15) is 0 Å². The number of nitrogens with one attached hydrogen (secondary N) is 2. The van der Waals surface area contributed by atoms with Gasteiger partial charge in [-0.15, -0.1) is 0 Å². The van der Waals surface area contributed by atoms with Crippen LogP contribution < -0.4 is 15.4 Å². The van der Waals surface area contributed by atoms with Crippen LogP contribution in [0.3, 0.4) is 0 Å². The number of likely N-dealkylation sites (tertiary alicyclic amines) is 1. The molecule has 0 aliphatic carbocycles. The standard InChI is InChI=1S/C22H27N3O3/c1-16-11-12-25(21(26)13-16)15-18-3-7-19(8-4-18)24-22(27)23-14-17-5-9-20(28-2)10-6-17/h3-10,16H,11-15H2,1-2H3,(H2,23,24,27)/t16-/m1/s1. The SMILES string of the molecule is COc1ccc(CNC(=O)Nc2ccc(CN3CC[C@@H](C)CC3=O)cc2)cc1. The van der Waals surface area contributed by atoms with E-state index in [9.17, 15) is 9.59 Å². The lowest BCUT2D eigenvalue weighted by atomic mass is 9.98. The highest BCUT2D eigenvalue weighted by Gasteiger charge is 2.22. The zero-order valence-electron chi connectivity index (χ0n) is 16.4.